The molecule has 2 aromatic rings. The van der Waals surface area contributed by atoms with E-state index >= 15 is 0 Å². The number of carbonyl (C=O) groups is 1. The maximum Gasteiger partial charge on any atom is 0.226 e. The van der Waals surface area contributed by atoms with E-state index in [1.54, 1.807) is 26.0 Å². The zero-order valence-electron chi connectivity index (χ0n) is 13.1. The number of aromatic nitrogens is 2. The Bertz CT molecular complexity index is 617. The van der Waals surface area contributed by atoms with Gasteiger partial charge in [-0.15, -0.1) is 10.2 Å². The van der Waals surface area contributed by atoms with Crippen molar-refractivity contribution in [1.82, 2.24) is 10.2 Å². The molecule has 1 amide bonds. The largest absolute Gasteiger partial charge is 0.497 e. The van der Waals surface area contributed by atoms with E-state index in [4.69, 9.17) is 9.47 Å². The zero-order chi connectivity index (χ0) is 16.5. The summed E-state index contributed by atoms with van der Waals surface area (Å²) in [5, 5.41) is 11.3. The van der Waals surface area contributed by atoms with E-state index in [0.717, 1.165) is 21.4 Å². The van der Waals surface area contributed by atoms with Gasteiger partial charge in [0.05, 0.1) is 13.7 Å². The van der Waals surface area contributed by atoms with E-state index in [1.165, 1.54) is 11.3 Å². The Morgan fingerprint density at radius 3 is 2.74 bits per heavy atom. The Kier molecular flexibility index (Phi) is 7.31. The molecule has 2 rings (SSSR count). The molecule has 1 aromatic heterocycles. The van der Waals surface area contributed by atoms with Gasteiger partial charge in [0, 0.05) is 19.3 Å². The van der Waals surface area contributed by atoms with Gasteiger partial charge in [-0.25, -0.2) is 0 Å². The second kappa shape index (κ2) is 9.49. The molecule has 0 aliphatic heterocycles. The Morgan fingerprint density at radius 1 is 1.26 bits per heavy atom. The van der Waals surface area contributed by atoms with Gasteiger partial charge < -0.3 is 14.8 Å². The van der Waals surface area contributed by atoms with Crippen LogP contribution in [0.4, 0.5) is 5.13 Å². The molecule has 0 saturated heterocycles. The molecule has 1 heterocycles. The molecule has 1 aromatic carbocycles. The number of hydrogen-bond acceptors (Lipinski definition) is 7. The molecule has 0 fully saturated rings. The van der Waals surface area contributed by atoms with Crippen LogP contribution in [0.5, 0.6) is 5.75 Å². The molecule has 0 bridgehead atoms. The highest BCUT2D eigenvalue weighted by Gasteiger charge is 2.09. The number of anilines is 1. The topological polar surface area (TPSA) is 73.3 Å². The normalized spacial score (nSPS) is 10.5. The van der Waals surface area contributed by atoms with Crippen LogP contribution in [-0.4, -0.2) is 42.7 Å². The minimum absolute atomic E-state index is 0.0644. The third kappa shape index (κ3) is 6.17. The van der Waals surface area contributed by atoms with Crippen LogP contribution in [0.15, 0.2) is 28.6 Å². The van der Waals surface area contributed by atoms with Crippen LogP contribution in [0.3, 0.4) is 0 Å². The number of amides is 1. The van der Waals surface area contributed by atoms with Gasteiger partial charge in [-0.3, -0.25) is 4.79 Å². The first-order valence-corrected chi connectivity index (χ1v) is 8.89. The molecular formula is C15H19N3O3S2. The lowest BCUT2D eigenvalue weighted by Gasteiger charge is -2.03. The van der Waals surface area contributed by atoms with E-state index in [9.17, 15) is 4.79 Å². The first-order valence-electron chi connectivity index (χ1n) is 7.09. The van der Waals surface area contributed by atoms with E-state index in [2.05, 4.69) is 15.5 Å². The third-order valence-corrected chi connectivity index (χ3v) is 4.90. The molecule has 6 nitrogen and oxygen atoms in total. The summed E-state index contributed by atoms with van der Waals surface area (Å²) < 4.78 is 10.9. The van der Waals surface area contributed by atoms with Gasteiger partial charge in [0.2, 0.25) is 11.0 Å². The second-order valence-corrected chi connectivity index (χ2v) is 6.93. The molecule has 0 aliphatic rings. The summed E-state index contributed by atoms with van der Waals surface area (Å²) in [5.41, 5.74) is 1.09. The van der Waals surface area contributed by atoms with Gasteiger partial charge >= 0.3 is 0 Å². The number of aryl methyl sites for hydroxylation is 1. The smallest absolute Gasteiger partial charge is 0.226 e. The highest BCUT2D eigenvalue weighted by atomic mass is 32.2. The Hall–Kier alpha value is -1.64. The molecule has 0 unspecified atom stereocenters. The first-order chi connectivity index (χ1) is 11.2. The maximum absolute atomic E-state index is 12.0. The number of rotatable bonds is 9. The second-order valence-electron chi connectivity index (χ2n) is 4.61. The Balaban J connectivity index is 1.75. The molecule has 0 spiro atoms. The van der Waals surface area contributed by atoms with Crippen molar-refractivity contribution in [3.63, 3.8) is 0 Å². The average molecular weight is 353 g/mol. The fourth-order valence-electron chi connectivity index (χ4n) is 1.76. The average Bonchev–Trinajstić information content (AvgIpc) is 3.01. The van der Waals surface area contributed by atoms with Crippen molar-refractivity contribution >= 4 is 34.1 Å². The summed E-state index contributed by atoms with van der Waals surface area (Å²) in [6.07, 6.45) is 1.07. The summed E-state index contributed by atoms with van der Waals surface area (Å²) in [4.78, 5) is 12.0. The van der Waals surface area contributed by atoms with Crippen molar-refractivity contribution in [2.75, 3.05) is 31.9 Å². The van der Waals surface area contributed by atoms with Crippen molar-refractivity contribution in [2.24, 2.45) is 0 Å². The SMILES string of the molecule is COCCSc1nnc(NC(=O)CCc2ccc(OC)cc2)s1. The third-order valence-electron chi connectivity index (χ3n) is 2.97. The van der Waals surface area contributed by atoms with Crippen LogP contribution >= 0.6 is 23.1 Å². The van der Waals surface area contributed by atoms with Crippen LogP contribution in [0.2, 0.25) is 0 Å². The molecule has 0 atom stereocenters. The Labute approximate surface area is 143 Å². The highest BCUT2D eigenvalue weighted by Crippen LogP contribution is 2.25. The van der Waals surface area contributed by atoms with Gasteiger partial charge in [0.1, 0.15) is 5.75 Å². The summed E-state index contributed by atoms with van der Waals surface area (Å²) in [7, 11) is 3.29. The fraction of sp³-hybridized carbons (Fsp3) is 0.400. The van der Waals surface area contributed by atoms with E-state index in [1.807, 2.05) is 24.3 Å². The van der Waals surface area contributed by atoms with Gasteiger partial charge in [0.25, 0.3) is 0 Å². The van der Waals surface area contributed by atoms with Gasteiger partial charge in [-0.05, 0) is 24.1 Å². The quantitative estimate of drug-likeness (QED) is 0.424. The number of carbonyl (C=O) groups excluding carboxylic acids is 1. The zero-order valence-corrected chi connectivity index (χ0v) is 14.7. The minimum atomic E-state index is -0.0644. The van der Waals surface area contributed by atoms with E-state index in [0.29, 0.717) is 24.6 Å². The van der Waals surface area contributed by atoms with Crippen molar-refractivity contribution < 1.29 is 14.3 Å². The number of nitrogens with one attached hydrogen (secondary N) is 1. The lowest BCUT2D eigenvalue weighted by atomic mass is 10.1. The van der Waals surface area contributed by atoms with Crippen LogP contribution in [-0.2, 0) is 16.0 Å². The number of ether oxygens (including phenoxy) is 2. The molecular weight excluding hydrogens is 334 g/mol. The van der Waals surface area contributed by atoms with Crippen LogP contribution in [0.25, 0.3) is 0 Å². The van der Waals surface area contributed by atoms with Crippen LogP contribution in [0, 0.1) is 0 Å². The Morgan fingerprint density at radius 2 is 2.04 bits per heavy atom. The van der Waals surface area contributed by atoms with Crippen molar-refractivity contribution in [2.45, 2.75) is 17.2 Å². The van der Waals surface area contributed by atoms with E-state index < -0.39 is 0 Å². The molecule has 0 aliphatic carbocycles. The molecule has 1 N–H and O–H groups in total. The number of hydrogen-bond donors (Lipinski definition) is 1. The number of thioether (sulfide) groups is 1. The van der Waals surface area contributed by atoms with Crippen LogP contribution < -0.4 is 10.1 Å². The predicted octanol–water partition coefficient (Wildman–Crippen LogP) is 2.86. The number of benzene rings is 1. The van der Waals surface area contributed by atoms with Crippen molar-refractivity contribution in [3.8, 4) is 5.75 Å². The molecule has 23 heavy (non-hydrogen) atoms. The van der Waals surface area contributed by atoms with Crippen LogP contribution in [0.1, 0.15) is 12.0 Å². The lowest BCUT2D eigenvalue weighted by molar-refractivity contribution is -0.116. The molecule has 8 heteroatoms. The summed E-state index contributed by atoms with van der Waals surface area (Å²) in [6.45, 7) is 0.661. The highest BCUT2D eigenvalue weighted by molar-refractivity contribution is 8.01. The molecule has 124 valence electrons. The fourth-order valence-corrected chi connectivity index (χ4v) is 3.50. The number of methoxy groups -OCH3 is 2. The molecule has 0 saturated carbocycles. The minimum Gasteiger partial charge on any atom is -0.497 e. The predicted molar refractivity (Wildman–Crippen MR) is 92.5 cm³/mol. The van der Waals surface area contributed by atoms with Gasteiger partial charge in [-0.1, -0.05) is 35.2 Å². The van der Waals surface area contributed by atoms with E-state index in [-0.39, 0.29) is 5.91 Å². The maximum atomic E-state index is 12.0. The monoisotopic (exact) mass is 353 g/mol. The number of nitrogens with zero attached hydrogens (tertiary/aromatic N) is 2. The van der Waals surface area contributed by atoms with Crippen molar-refractivity contribution in [1.29, 1.82) is 0 Å². The standard InChI is InChI=1S/C15H19N3O3S2/c1-20-9-10-22-15-18-17-14(23-15)16-13(19)8-5-11-3-6-12(21-2)7-4-11/h3-4,6-7H,5,8-10H2,1-2H3,(H,16,17,19). The lowest BCUT2D eigenvalue weighted by Crippen LogP contribution is -2.12. The van der Waals surface area contributed by atoms with Crippen molar-refractivity contribution in [3.05, 3.63) is 29.8 Å². The van der Waals surface area contributed by atoms with Gasteiger partial charge in [-0.2, -0.15) is 0 Å². The summed E-state index contributed by atoms with van der Waals surface area (Å²) >= 11 is 2.94. The first kappa shape index (κ1) is 17.7. The summed E-state index contributed by atoms with van der Waals surface area (Å²) in [6, 6.07) is 7.70. The van der Waals surface area contributed by atoms with Gasteiger partial charge in [0.15, 0.2) is 4.34 Å². The molecule has 0 radical (unpaired) electrons. The summed E-state index contributed by atoms with van der Waals surface area (Å²) in [5.74, 6) is 1.56.